The Hall–Kier alpha value is -4.40. The lowest BCUT2D eigenvalue weighted by Crippen LogP contribution is -2.41. The number of ether oxygens (including phenoxy) is 1. The normalized spacial score (nSPS) is 11.4. The van der Waals surface area contributed by atoms with Gasteiger partial charge in [0.25, 0.3) is 5.56 Å². The number of imidazole rings is 2. The van der Waals surface area contributed by atoms with Gasteiger partial charge in [-0.25, -0.2) is 9.36 Å². The van der Waals surface area contributed by atoms with E-state index in [1.54, 1.807) is 4.40 Å². The number of hydrogen-bond acceptors (Lipinski definition) is 5. The highest BCUT2D eigenvalue weighted by Gasteiger charge is 2.24. The smallest absolute Gasteiger partial charge is 0.333 e. The van der Waals surface area contributed by atoms with Gasteiger partial charge in [-0.2, -0.15) is 4.98 Å². The van der Waals surface area contributed by atoms with E-state index in [0.717, 1.165) is 33.5 Å². The lowest BCUT2D eigenvalue weighted by molar-refractivity contribution is -0.141. The molecule has 0 aliphatic rings. The SMILES string of the molecule is CCc1ccccc1-n1c(-c2ccccc2)cn2c3c(=O)n(CC(=O)OC)c(=O)n(C)c3nc12. The van der Waals surface area contributed by atoms with Crippen LogP contribution in [0.15, 0.2) is 70.4 Å². The summed E-state index contributed by atoms with van der Waals surface area (Å²) in [6, 6.07) is 17.9. The first-order valence-corrected chi connectivity index (χ1v) is 10.9. The Morgan fingerprint density at radius 3 is 2.44 bits per heavy atom. The molecule has 34 heavy (non-hydrogen) atoms. The Bertz CT molecular complexity index is 1670. The summed E-state index contributed by atoms with van der Waals surface area (Å²) in [7, 11) is 2.75. The number of esters is 1. The number of aromatic nitrogens is 5. The predicted octanol–water partition coefficient (Wildman–Crippen LogP) is 2.54. The molecule has 2 aromatic carbocycles. The van der Waals surface area contributed by atoms with Crippen LogP contribution in [0.5, 0.6) is 0 Å². The van der Waals surface area contributed by atoms with Crippen molar-refractivity contribution < 1.29 is 9.53 Å². The summed E-state index contributed by atoms with van der Waals surface area (Å²) in [6.45, 7) is 1.61. The van der Waals surface area contributed by atoms with Crippen LogP contribution in [0, 0.1) is 0 Å². The Morgan fingerprint density at radius 1 is 1.03 bits per heavy atom. The lowest BCUT2D eigenvalue weighted by Gasteiger charge is -2.13. The van der Waals surface area contributed by atoms with Crippen LogP contribution in [0.2, 0.25) is 0 Å². The van der Waals surface area contributed by atoms with Crippen LogP contribution >= 0.6 is 0 Å². The maximum absolute atomic E-state index is 13.4. The molecule has 0 aliphatic carbocycles. The maximum Gasteiger partial charge on any atom is 0.333 e. The van der Waals surface area contributed by atoms with E-state index in [2.05, 4.69) is 17.7 Å². The summed E-state index contributed by atoms with van der Waals surface area (Å²) in [5, 5.41) is 0. The van der Waals surface area contributed by atoms with Crippen molar-refractivity contribution in [3.63, 3.8) is 0 Å². The highest BCUT2D eigenvalue weighted by molar-refractivity contribution is 5.80. The van der Waals surface area contributed by atoms with Gasteiger partial charge in [0.1, 0.15) is 6.54 Å². The van der Waals surface area contributed by atoms with Crippen molar-refractivity contribution in [1.82, 2.24) is 23.1 Å². The van der Waals surface area contributed by atoms with Crippen molar-refractivity contribution in [3.05, 3.63) is 87.2 Å². The highest BCUT2D eigenvalue weighted by Crippen LogP contribution is 2.30. The van der Waals surface area contributed by atoms with Crippen LogP contribution in [-0.4, -0.2) is 36.2 Å². The summed E-state index contributed by atoms with van der Waals surface area (Å²) < 4.78 is 10.5. The van der Waals surface area contributed by atoms with E-state index in [1.165, 1.54) is 18.7 Å². The van der Waals surface area contributed by atoms with Crippen molar-refractivity contribution in [2.24, 2.45) is 7.05 Å². The molecule has 0 saturated heterocycles. The van der Waals surface area contributed by atoms with E-state index >= 15 is 0 Å². The minimum absolute atomic E-state index is 0.214. The standard InChI is InChI=1S/C25H23N5O4/c1-4-16-10-8-9-13-18(16)30-19(17-11-6-5-7-12-17)14-28-21-22(26-24(28)30)27(2)25(33)29(23(21)32)15-20(31)34-3/h5-14H,4,15H2,1-3H3. The Morgan fingerprint density at radius 2 is 1.74 bits per heavy atom. The van der Waals surface area contributed by atoms with Crippen LogP contribution in [0.3, 0.4) is 0 Å². The number of carbonyl (C=O) groups excluding carboxylic acids is 1. The summed E-state index contributed by atoms with van der Waals surface area (Å²) in [5.74, 6) is -0.184. The van der Waals surface area contributed by atoms with Crippen molar-refractivity contribution in [1.29, 1.82) is 0 Å². The minimum atomic E-state index is -0.682. The van der Waals surface area contributed by atoms with E-state index in [0.29, 0.717) is 5.78 Å². The van der Waals surface area contributed by atoms with Crippen LogP contribution in [0.4, 0.5) is 0 Å². The molecule has 172 valence electrons. The summed E-state index contributed by atoms with van der Waals surface area (Å²) in [4.78, 5) is 42.9. The second-order valence-corrected chi connectivity index (χ2v) is 7.96. The largest absolute Gasteiger partial charge is 0.468 e. The van der Waals surface area contributed by atoms with Crippen molar-refractivity contribution in [2.75, 3.05) is 7.11 Å². The Balaban J connectivity index is 1.93. The van der Waals surface area contributed by atoms with Gasteiger partial charge < -0.3 is 4.74 Å². The molecule has 9 heteroatoms. The Kier molecular flexibility index (Phi) is 5.16. The summed E-state index contributed by atoms with van der Waals surface area (Å²) in [5.41, 5.74) is 3.07. The molecule has 0 amide bonds. The number of nitrogens with zero attached hydrogens (tertiary/aromatic N) is 5. The first kappa shape index (κ1) is 21.4. The molecule has 0 radical (unpaired) electrons. The number of carbonyl (C=O) groups is 1. The van der Waals surface area contributed by atoms with Gasteiger partial charge in [-0.15, -0.1) is 0 Å². The van der Waals surface area contributed by atoms with E-state index in [4.69, 9.17) is 4.98 Å². The van der Waals surface area contributed by atoms with Crippen LogP contribution < -0.4 is 11.2 Å². The lowest BCUT2D eigenvalue weighted by atomic mass is 10.1. The third kappa shape index (κ3) is 3.16. The average molecular weight is 457 g/mol. The van der Waals surface area contributed by atoms with Crippen molar-refractivity contribution >= 4 is 22.9 Å². The molecular formula is C25H23N5O4. The van der Waals surface area contributed by atoms with Gasteiger partial charge in [0.2, 0.25) is 5.78 Å². The molecule has 3 aromatic heterocycles. The van der Waals surface area contributed by atoms with Gasteiger partial charge in [-0.05, 0) is 18.1 Å². The van der Waals surface area contributed by atoms with Gasteiger partial charge >= 0.3 is 11.7 Å². The van der Waals surface area contributed by atoms with Crippen molar-refractivity contribution in [2.45, 2.75) is 19.9 Å². The summed E-state index contributed by atoms with van der Waals surface area (Å²) in [6.07, 6.45) is 2.65. The van der Waals surface area contributed by atoms with E-state index in [1.807, 2.05) is 59.3 Å². The highest BCUT2D eigenvalue weighted by atomic mass is 16.5. The van der Waals surface area contributed by atoms with Crippen LogP contribution in [0.25, 0.3) is 33.9 Å². The second-order valence-electron chi connectivity index (χ2n) is 7.96. The molecule has 9 nitrogen and oxygen atoms in total. The number of hydrogen-bond donors (Lipinski definition) is 0. The fourth-order valence-corrected chi connectivity index (χ4v) is 4.31. The van der Waals surface area contributed by atoms with Gasteiger partial charge in [0.05, 0.1) is 18.5 Å². The molecule has 0 bridgehead atoms. The first-order chi connectivity index (χ1) is 16.5. The average Bonchev–Trinajstić information content (AvgIpc) is 3.42. The zero-order valence-electron chi connectivity index (χ0n) is 19.1. The van der Waals surface area contributed by atoms with E-state index in [-0.39, 0.29) is 11.2 Å². The Labute approximate surface area is 194 Å². The molecule has 3 heterocycles. The number of aryl methyl sites for hydroxylation is 2. The molecular weight excluding hydrogens is 434 g/mol. The number of rotatable bonds is 5. The second kappa shape index (κ2) is 8.18. The quantitative estimate of drug-likeness (QED) is 0.378. The van der Waals surface area contributed by atoms with Gasteiger partial charge in [-0.1, -0.05) is 55.5 Å². The molecule has 0 atom stereocenters. The van der Waals surface area contributed by atoms with Gasteiger partial charge in [0.15, 0.2) is 11.2 Å². The molecule has 0 spiro atoms. The number of benzene rings is 2. The number of fused-ring (bicyclic) bond motifs is 3. The molecule has 0 unspecified atom stereocenters. The first-order valence-electron chi connectivity index (χ1n) is 10.9. The van der Waals surface area contributed by atoms with Gasteiger partial charge in [-0.3, -0.25) is 23.1 Å². The minimum Gasteiger partial charge on any atom is -0.468 e. The fourth-order valence-electron chi connectivity index (χ4n) is 4.31. The summed E-state index contributed by atoms with van der Waals surface area (Å²) >= 11 is 0. The van der Waals surface area contributed by atoms with Crippen LogP contribution in [-0.2, 0) is 29.5 Å². The monoisotopic (exact) mass is 457 g/mol. The van der Waals surface area contributed by atoms with Gasteiger partial charge in [0, 0.05) is 18.8 Å². The molecule has 0 N–H and O–H groups in total. The van der Waals surface area contributed by atoms with E-state index in [9.17, 15) is 14.4 Å². The molecule has 0 fully saturated rings. The zero-order chi connectivity index (χ0) is 24.0. The van der Waals surface area contributed by atoms with E-state index < -0.39 is 23.8 Å². The number of methoxy groups -OCH3 is 1. The fraction of sp³-hybridized carbons (Fsp3) is 0.200. The molecule has 5 rings (SSSR count). The van der Waals surface area contributed by atoms with Crippen molar-refractivity contribution in [3.8, 4) is 16.9 Å². The van der Waals surface area contributed by atoms with Crippen LogP contribution in [0.1, 0.15) is 12.5 Å². The molecule has 0 saturated carbocycles. The molecule has 5 aromatic rings. The third-order valence-corrected chi connectivity index (χ3v) is 6.05. The maximum atomic E-state index is 13.4. The molecule has 0 aliphatic heterocycles. The predicted molar refractivity (Wildman–Crippen MR) is 128 cm³/mol. The topological polar surface area (TPSA) is 92.5 Å². The number of para-hydroxylation sites is 1. The third-order valence-electron chi connectivity index (χ3n) is 6.05. The zero-order valence-corrected chi connectivity index (χ0v) is 19.1.